The average molecular weight is 376 g/mol. The summed E-state index contributed by atoms with van der Waals surface area (Å²) in [4.78, 5) is 8.98. The lowest BCUT2D eigenvalue weighted by atomic mass is 10.1. The van der Waals surface area contributed by atoms with Gasteiger partial charge in [-0.05, 0) is 26.8 Å². The first-order valence-electron chi connectivity index (χ1n) is 8.76. The first-order chi connectivity index (χ1) is 13.0. The topological polar surface area (TPSA) is 90.1 Å². The van der Waals surface area contributed by atoms with Crippen molar-refractivity contribution in [2.45, 2.75) is 33.9 Å². The van der Waals surface area contributed by atoms with E-state index >= 15 is 0 Å². The number of aliphatic imine (C=N–C) groups is 1. The van der Waals surface area contributed by atoms with E-state index in [9.17, 15) is 0 Å². The van der Waals surface area contributed by atoms with E-state index in [-0.39, 0.29) is 0 Å². The molecule has 0 bridgehead atoms. The second-order valence-corrected chi connectivity index (χ2v) is 5.82. The number of ether oxygens (including phenoxy) is 3. The number of hydrogen-bond acceptors (Lipinski definition) is 6. The summed E-state index contributed by atoms with van der Waals surface area (Å²) >= 11 is 0. The van der Waals surface area contributed by atoms with Crippen molar-refractivity contribution in [1.29, 1.82) is 0 Å². The van der Waals surface area contributed by atoms with Crippen LogP contribution in [0.25, 0.3) is 0 Å². The lowest BCUT2D eigenvalue weighted by Gasteiger charge is -2.14. The number of benzene rings is 1. The maximum Gasteiger partial charge on any atom is 0.214 e. The molecule has 2 rings (SSSR count). The van der Waals surface area contributed by atoms with Crippen LogP contribution in [-0.2, 0) is 13.1 Å². The zero-order valence-corrected chi connectivity index (χ0v) is 16.8. The Bertz CT molecular complexity index is 767. The van der Waals surface area contributed by atoms with Crippen molar-refractivity contribution in [3.8, 4) is 17.2 Å². The fraction of sp³-hybridized carbons (Fsp3) is 0.474. The second-order valence-electron chi connectivity index (χ2n) is 5.82. The molecule has 1 heterocycles. The van der Waals surface area contributed by atoms with Crippen LogP contribution < -0.4 is 24.8 Å². The van der Waals surface area contributed by atoms with Crippen LogP contribution in [0.2, 0.25) is 0 Å². The molecule has 148 valence electrons. The molecule has 0 unspecified atom stereocenters. The Kier molecular flexibility index (Phi) is 7.34. The van der Waals surface area contributed by atoms with Crippen molar-refractivity contribution in [3.05, 3.63) is 35.0 Å². The van der Waals surface area contributed by atoms with Gasteiger partial charge < -0.3 is 29.3 Å². The number of nitrogens with zero attached hydrogens (tertiary/aromatic N) is 2. The maximum absolute atomic E-state index is 5.59. The minimum absolute atomic E-state index is 0.405. The number of methoxy groups -OCH3 is 3. The molecule has 0 spiro atoms. The lowest BCUT2D eigenvalue weighted by Crippen LogP contribution is -2.36. The Labute approximate surface area is 159 Å². The highest BCUT2D eigenvalue weighted by Crippen LogP contribution is 2.34. The zero-order chi connectivity index (χ0) is 19.8. The molecular weight excluding hydrogens is 348 g/mol. The third-order valence-corrected chi connectivity index (χ3v) is 4.02. The van der Waals surface area contributed by atoms with Gasteiger partial charge in [0.2, 0.25) is 5.89 Å². The second kappa shape index (κ2) is 9.70. The number of guanidine groups is 1. The fourth-order valence-corrected chi connectivity index (χ4v) is 2.50. The van der Waals surface area contributed by atoms with Gasteiger partial charge in [-0.2, -0.15) is 0 Å². The van der Waals surface area contributed by atoms with E-state index in [0.29, 0.717) is 42.2 Å². The van der Waals surface area contributed by atoms with Crippen molar-refractivity contribution in [1.82, 2.24) is 15.6 Å². The van der Waals surface area contributed by atoms with E-state index in [0.717, 1.165) is 23.6 Å². The van der Waals surface area contributed by atoms with Crippen LogP contribution in [-0.4, -0.2) is 38.8 Å². The van der Waals surface area contributed by atoms with Gasteiger partial charge in [0.05, 0.1) is 40.1 Å². The van der Waals surface area contributed by atoms with Crippen molar-refractivity contribution >= 4 is 5.96 Å². The van der Waals surface area contributed by atoms with Gasteiger partial charge in [-0.15, -0.1) is 0 Å². The molecule has 0 atom stereocenters. The molecule has 2 aromatic rings. The van der Waals surface area contributed by atoms with Crippen molar-refractivity contribution < 1.29 is 18.6 Å². The molecule has 0 radical (unpaired) electrons. The SMILES string of the molecule is CCNC(=NCc1cc(OC)c(OC)cc1OC)NCc1nc(C)c(C)o1. The Morgan fingerprint density at radius 3 is 2.26 bits per heavy atom. The van der Waals surface area contributed by atoms with Crippen LogP contribution in [0.5, 0.6) is 17.2 Å². The molecule has 1 aromatic heterocycles. The molecule has 8 heteroatoms. The van der Waals surface area contributed by atoms with Gasteiger partial charge in [-0.3, -0.25) is 0 Å². The quantitative estimate of drug-likeness (QED) is 0.540. The molecule has 0 aliphatic carbocycles. The zero-order valence-electron chi connectivity index (χ0n) is 16.8. The molecule has 1 aromatic carbocycles. The van der Waals surface area contributed by atoms with Crippen molar-refractivity contribution in [2.24, 2.45) is 4.99 Å². The van der Waals surface area contributed by atoms with E-state index in [4.69, 9.17) is 18.6 Å². The lowest BCUT2D eigenvalue weighted by molar-refractivity contribution is 0.347. The van der Waals surface area contributed by atoms with E-state index < -0.39 is 0 Å². The summed E-state index contributed by atoms with van der Waals surface area (Å²) in [5.74, 6) is 4.03. The van der Waals surface area contributed by atoms with Gasteiger partial charge >= 0.3 is 0 Å². The first kappa shape index (κ1) is 20.4. The summed E-state index contributed by atoms with van der Waals surface area (Å²) in [6, 6.07) is 3.66. The number of rotatable bonds is 8. The van der Waals surface area contributed by atoms with Gasteiger partial charge in [0.15, 0.2) is 17.5 Å². The Hall–Kier alpha value is -2.90. The van der Waals surface area contributed by atoms with Gasteiger partial charge in [0, 0.05) is 18.2 Å². The highest BCUT2D eigenvalue weighted by Gasteiger charge is 2.12. The van der Waals surface area contributed by atoms with Crippen LogP contribution in [0, 0.1) is 13.8 Å². The first-order valence-corrected chi connectivity index (χ1v) is 8.76. The molecule has 0 fully saturated rings. The summed E-state index contributed by atoms with van der Waals surface area (Å²) in [5.41, 5.74) is 1.78. The molecule has 0 aliphatic rings. The number of aromatic nitrogens is 1. The summed E-state index contributed by atoms with van der Waals surface area (Å²) < 4.78 is 21.7. The van der Waals surface area contributed by atoms with E-state index in [1.807, 2.05) is 26.8 Å². The predicted molar refractivity (Wildman–Crippen MR) is 104 cm³/mol. The summed E-state index contributed by atoms with van der Waals surface area (Å²) in [5, 5.41) is 6.43. The van der Waals surface area contributed by atoms with Crippen LogP contribution in [0.3, 0.4) is 0 Å². The largest absolute Gasteiger partial charge is 0.496 e. The van der Waals surface area contributed by atoms with E-state index in [1.54, 1.807) is 27.4 Å². The predicted octanol–water partition coefficient (Wildman–Crippen LogP) is 2.57. The van der Waals surface area contributed by atoms with E-state index in [2.05, 4.69) is 20.6 Å². The standard InChI is InChI=1S/C19H28N4O4/c1-7-20-19(22-11-18-23-12(2)13(3)27-18)21-10-14-8-16(25-5)17(26-6)9-15(14)24-4/h8-9H,7,10-11H2,1-6H3,(H2,20,21,22). The van der Waals surface area contributed by atoms with Gasteiger partial charge in [-0.1, -0.05) is 0 Å². The molecule has 8 nitrogen and oxygen atoms in total. The van der Waals surface area contributed by atoms with Gasteiger partial charge in [0.1, 0.15) is 11.5 Å². The molecule has 0 saturated heterocycles. The monoisotopic (exact) mass is 376 g/mol. The average Bonchev–Trinajstić information content (AvgIpc) is 3.00. The number of oxazole rings is 1. The van der Waals surface area contributed by atoms with Crippen LogP contribution in [0.15, 0.2) is 21.5 Å². The molecule has 0 saturated carbocycles. The number of nitrogens with one attached hydrogen (secondary N) is 2. The number of hydrogen-bond donors (Lipinski definition) is 2. The molecule has 0 amide bonds. The molecule has 27 heavy (non-hydrogen) atoms. The van der Waals surface area contributed by atoms with Crippen molar-refractivity contribution in [3.63, 3.8) is 0 Å². The van der Waals surface area contributed by atoms with E-state index in [1.165, 1.54) is 0 Å². The van der Waals surface area contributed by atoms with Crippen molar-refractivity contribution in [2.75, 3.05) is 27.9 Å². The Morgan fingerprint density at radius 2 is 1.70 bits per heavy atom. The fourth-order valence-electron chi connectivity index (χ4n) is 2.50. The third-order valence-electron chi connectivity index (χ3n) is 4.02. The molecule has 2 N–H and O–H groups in total. The maximum atomic E-state index is 5.59. The summed E-state index contributed by atoms with van der Waals surface area (Å²) in [7, 11) is 4.81. The Morgan fingerprint density at radius 1 is 1.04 bits per heavy atom. The van der Waals surface area contributed by atoms with Crippen LogP contribution >= 0.6 is 0 Å². The molecule has 0 aliphatic heterocycles. The molecular formula is C19H28N4O4. The van der Waals surface area contributed by atoms with Crippen LogP contribution in [0.1, 0.15) is 29.8 Å². The minimum Gasteiger partial charge on any atom is -0.496 e. The Balaban J connectivity index is 2.15. The highest BCUT2D eigenvalue weighted by molar-refractivity contribution is 5.79. The summed E-state index contributed by atoms with van der Waals surface area (Å²) in [6.07, 6.45) is 0. The third kappa shape index (κ3) is 5.29. The number of aryl methyl sites for hydroxylation is 2. The van der Waals surface area contributed by atoms with Crippen LogP contribution in [0.4, 0.5) is 0 Å². The minimum atomic E-state index is 0.405. The van der Waals surface area contributed by atoms with Gasteiger partial charge in [0.25, 0.3) is 0 Å². The highest BCUT2D eigenvalue weighted by atomic mass is 16.5. The normalized spacial score (nSPS) is 11.3. The van der Waals surface area contributed by atoms with Gasteiger partial charge in [-0.25, -0.2) is 9.98 Å². The summed E-state index contributed by atoms with van der Waals surface area (Å²) in [6.45, 7) is 7.41. The smallest absolute Gasteiger partial charge is 0.214 e.